The summed E-state index contributed by atoms with van der Waals surface area (Å²) >= 11 is 0. The van der Waals surface area contributed by atoms with Crippen LogP contribution in [0.4, 0.5) is 0 Å². The van der Waals surface area contributed by atoms with Crippen molar-refractivity contribution in [3.8, 4) is 0 Å². The normalized spacial score (nSPS) is 22.2. The summed E-state index contributed by atoms with van der Waals surface area (Å²) in [6.45, 7) is 4.61. The first-order chi connectivity index (χ1) is 3.77. The predicted molar refractivity (Wildman–Crippen MR) is 41.7 cm³/mol. The molecule has 0 radical (unpaired) electrons. The Bertz CT molecular complexity index is 121. The molecule has 0 fully saturated rings. The maximum absolute atomic E-state index is 2.35. The van der Waals surface area contributed by atoms with Crippen molar-refractivity contribution >= 4 is 7.26 Å². The van der Waals surface area contributed by atoms with Gasteiger partial charge in [0.1, 0.15) is 0 Å². The maximum Gasteiger partial charge on any atom is 0.0646 e. The molecule has 0 aliphatic carbocycles. The van der Waals surface area contributed by atoms with Crippen LogP contribution in [-0.4, -0.2) is 12.8 Å². The molecular formula is C7H12P+. The lowest BCUT2D eigenvalue weighted by Gasteiger charge is -2.05. The van der Waals surface area contributed by atoms with Gasteiger partial charge in [0.2, 0.25) is 0 Å². The van der Waals surface area contributed by atoms with Crippen LogP contribution in [0.3, 0.4) is 0 Å². The average Bonchev–Trinajstić information content (AvgIpc) is 2.17. The molecule has 1 rings (SSSR count). The third kappa shape index (κ3) is 1.00. The van der Waals surface area contributed by atoms with Crippen LogP contribution in [0.1, 0.15) is 6.92 Å². The molecule has 0 N–H and O–H groups in total. The van der Waals surface area contributed by atoms with E-state index >= 15 is 0 Å². The molecule has 0 aromatic heterocycles. The van der Waals surface area contributed by atoms with Gasteiger partial charge in [-0.3, -0.25) is 0 Å². The summed E-state index contributed by atoms with van der Waals surface area (Å²) < 4.78 is 0. The molecule has 0 atom stereocenters. The Morgan fingerprint density at radius 3 is 2.00 bits per heavy atom. The summed E-state index contributed by atoms with van der Waals surface area (Å²) in [6.07, 6.45) is 5.65. The summed E-state index contributed by atoms with van der Waals surface area (Å²) in [7, 11) is -0.662. The lowest BCUT2D eigenvalue weighted by molar-refractivity contribution is 1.49. The lowest BCUT2D eigenvalue weighted by atomic mass is 10.6. The quantitative estimate of drug-likeness (QED) is 0.475. The highest BCUT2D eigenvalue weighted by molar-refractivity contribution is 7.81. The minimum absolute atomic E-state index is 0.662. The third-order valence-electron chi connectivity index (χ3n) is 1.65. The van der Waals surface area contributed by atoms with E-state index in [0.29, 0.717) is 0 Å². The van der Waals surface area contributed by atoms with Gasteiger partial charge < -0.3 is 0 Å². The van der Waals surface area contributed by atoms with E-state index in [0.717, 1.165) is 0 Å². The van der Waals surface area contributed by atoms with Crippen molar-refractivity contribution in [2.75, 3.05) is 12.8 Å². The highest BCUT2D eigenvalue weighted by atomic mass is 31.2. The predicted octanol–water partition coefficient (Wildman–Crippen LogP) is 2.69. The highest BCUT2D eigenvalue weighted by Gasteiger charge is 2.23. The van der Waals surface area contributed by atoms with Crippen LogP contribution in [-0.2, 0) is 0 Å². The Hall–Kier alpha value is -0.0900. The highest BCUT2D eigenvalue weighted by Crippen LogP contribution is 2.60. The maximum atomic E-state index is 2.35. The number of rotatable bonds is 1. The van der Waals surface area contributed by atoms with E-state index in [1.165, 1.54) is 6.16 Å². The minimum Gasteiger partial charge on any atom is -0.0304 e. The van der Waals surface area contributed by atoms with E-state index in [1.54, 1.807) is 0 Å². The first-order valence-corrected chi connectivity index (χ1v) is 5.55. The zero-order valence-electron chi connectivity index (χ0n) is 5.46. The molecule has 1 heterocycles. The van der Waals surface area contributed by atoms with E-state index < -0.39 is 7.26 Å². The van der Waals surface area contributed by atoms with Crippen molar-refractivity contribution in [3.63, 3.8) is 0 Å². The zero-order valence-corrected chi connectivity index (χ0v) is 6.36. The van der Waals surface area contributed by atoms with Crippen molar-refractivity contribution < 1.29 is 0 Å². The summed E-state index contributed by atoms with van der Waals surface area (Å²) in [4.78, 5) is 0. The number of hydrogen-bond acceptors (Lipinski definition) is 0. The summed E-state index contributed by atoms with van der Waals surface area (Å²) in [5.41, 5.74) is 0. The Balaban J connectivity index is 2.69. The van der Waals surface area contributed by atoms with Gasteiger partial charge >= 0.3 is 0 Å². The van der Waals surface area contributed by atoms with Gasteiger partial charge in [0.25, 0.3) is 0 Å². The monoisotopic (exact) mass is 127 g/mol. The zero-order chi connectivity index (χ0) is 6.04. The second-order valence-electron chi connectivity index (χ2n) is 2.35. The summed E-state index contributed by atoms with van der Waals surface area (Å²) in [6, 6.07) is 0. The lowest BCUT2D eigenvalue weighted by Crippen LogP contribution is -1.80. The second kappa shape index (κ2) is 2.03. The fourth-order valence-corrected chi connectivity index (χ4v) is 2.26. The number of hydrogen-bond donors (Lipinski definition) is 0. The van der Waals surface area contributed by atoms with Crippen LogP contribution >= 0.6 is 7.26 Å². The third-order valence-corrected chi connectivity index (χ3v) is 4.71. The topological polar surface area (TPSA) is 0 Å². The Morgan fingerprint density at radius 1 is 1.25 bits per heavy atom. The van der Waals surface area contributed by atoms with E-state index in [1.807, 2.05) is 0 Å². The van der Waals surface area contributed by atoms with Crippen LogP contribution in [0.15, 0.2) is 23.8 Å². The molecule has 0 saturated heterocycles. The molecule has 0 unspecified atom stereocenters. The molecule has 44 valence electrons. The SMILES string of the molecule is CC[P+]1(C)C=CC=C1. The van der Waals surface area contributed by atoms with E-state index in [9.17, 15) is 0 Å². The fourth-order valence-electron chi connectivity index (χ4n) is 0.753. The number of allylic oxidation sites excluding steroid dienone is 2. The van der Waals surface area contributed by atoms with Gasteiger partial charge in [-0.05, 0) is 19.1 Å². The van der Waals surface area contributed by atoms with Gasteiger partial charge in [0, 0.05) is 0 Å². The van der Waals surface area contributed by atoms with Gasteiger partial charge in [-0.15, -0.1) is 0 Å². The molecule has 1 heteroatoms. The second-order valence-corrected chi connectivity index (χ2v) is 6.27. The molecule has 0 aromatic rings. The summed E-state index contributed by atoms with van der Waals surface area (Å²) in [5, 5.41) is 0. The average molecular weight is 127 g/mol. The summed E-state index contributed by atoms with van der Waals surface area (Å²) in [5.74, 6) is 4.71. The molecular weight excluding hydrogens is 115 g/mol. The molecule has 0 aromatic carbocycles. The molecule has 1 aliphatic rings. The van der Waals surface area contributed by atoms with E-state index in [2.05, 4.69) is 37.4 Å². The van der Waals surface area contributed by atoms with Crippen LogP contribution in [0.5, 0.6) is 0 Å². The van der Waals surface area contributed by atoms with Crippen molar-refractivity contribution in [2.45, 2.75) is 6.92 Å². The smallest absolute Gasteiger partial charge is 0.0304 e. The Kier molecular flexibility index (Phi) is 1.53. The molecule has 0 saturated carbocycles. The van der Waals surface area contributed by atoms with Gasteiger partial charge in [0.15, 0.2) is 0 Å². The van der Waals surface area contributed by atoms with Crippen molar-refractivity contribution in [2.24, 2.45) is 0 Å². The fraction of sp³-hybridized carbons (Fsp3) is 0.429. The molecule has 8 heavy (non-hydrogen) atoms. The van der Waals surface area contributed by atoms with Crippen LogP contribution in [0, 0.1) is 0 Å². The minimum atomic E-state index is -0.662. The first kappa shape index (κ1) is 6.04. The van der Waals surface area contributed by atoms with E-state index in [-0.39, 0.29) is 0 Å². The Morgan fingerprint density at radius 2 is 1.75 bits per heavy atom. The molecule has 0 spiro atoms. The van der Waals surface area contributed by atoms with Crippen LogP contribution in [0.2, 0.25) is 0 Å². The molecule has 0 bridgehead atoms. The van der Waals surface area contributed by atoms with Gasteiger partial charge in [-0.25, -0.2) is 0 Å². The Labute approximate surface area is 51.6 Å². The van der Waals surface area contributed by atoms with E-state index in [4.69, 9.17) is 0 Å². The standard InChI is InChI=1S/C7H12P/c1-3-8(2)6-4-5-7-8/h4-7H,3H2,1-2H3/q+1. The van der Waals surface area contributed by atoms with Crippen LogP contribution < -0.4 is 0 Å². The van der Waals surface area contributed by atoms with Crippen molar-refractivity contribution in [3.05, 3.63) is 23.8 Å². The molecule has 1 aliphatic heterocycles. The largest absolute Gasteiger partial charge is 0.0646 e. The van der Waals surface area contributed by atoms with Crippen molar-refractivity contribution in [1.82, 2.24) is 0 Å². The first-order valence-electron chi connectivity index (χ1n) is 2.99. The molecule has 0 nitrogen and oxygen atoms in total. The van der Waals surface area contributed by atoms with Crippen LogP contribution in [0.25, 0.3) is 0 Å². The van der Waals surface area contributed by atoms with Gasteiger partial charge in [-0.1, -0.05) is 0 Å². The van der Waals surface area contributed by atoms with Gasteiger partial charge in [0.05, 0.1) is 31.7 Å². The molecule has 0 amide bonds. The van der Waals surface area contributed by atoms with Crippen molar-refractivity contribution in [1.29, 1.82) is 0 Å². The van der Waals surface area contributed by atoms with Gasteiger partial charge in [-0.2, -0.15) is 0 Å².